The summed E-state index contributed by atoms with van der Waals surface area (Å²) in [4.78, 5) is 15.7. The van der Waals surface area contributed by atoms with Gasteiger partial charge < -0.3 is 9.84 Å². The molecule has 1 N–H and O–H groups in total. The molecule has 6 heteroatoms. The first kappa shape index (κ1) is 14.0. The molecule has 0 fully saturated rings. The first-order chi connectivity index (χ1) is 8.17. The Morgan fingerprint density at radius 2 is 2.29 bits per heavy atom. The van der Waals surface area contributed by atoms with Gasteiger partial charge in [-0.15, -0.1) is 0 Å². The summed E-state index contributed by atoms with van der Waals surface area (Å²) in [7, 11) is 0. The van der Waals surface area contributed by atoms with Crippen LogP contribution in [0.1, 0.15) is 44.9 Å². The van der Waals surface area contributed by atoms with Crippen molar-refractivity contribution in [1.82, 2.24) is 15.5 Å². The number of hydrogen-bond donors (Lipinski definition) is 1. The number of nitrogens with one attached hydrogen (secondary N) is 1. The molecule has 5 nitrogen and oxygen atoms in total. The van der Waals surface area contributed by atoms with E-state index in [1.54, 1.807) is 11.8 Å². The third kappa shape index (κ3) is 4.77. The fourth-order valence-corrected chi connectivity index (χ4v) is 1.94. The van der Waals surface area contributed by atoms with Crippen LogP contribution in [0.4, 0.5) is 0 Å². The van der Waals surface area contributed by atoms with Crippen LogP contribution < -0.4 is 5.32 Å². The molecule has 0 bridgehead atoms. The molecule has 0 spiro atoms. The molecule has 96 valence electrons. The molecular weight excluding hydrogens is 238 g/mol. The average Bonchev–Trinajstić information content (AvgIpc) is 2.78. The van der Waals surface area contributed by atoms with Gasteiger partial charge in [0.05, 0.1) is 5.75 Å². The summed E-state index contributed by atoms with van der Waals surface area (Å²) < 4.78 is 5.06. The van der Waals surface area contributed by atoms with Crippen LogP contribution in [0.15, 0.2) is 4.52 Å². The van der Waals surface area contributed by atoms with Gasteiger partial charge in [-0.3, -0.25) is 4.79 Å². The highest BCUT2D eigenvalue weighted by Gasteiger charge is 2.15. The monoisotopic (exact) mass is 257 g/mol. The van der Waals surface area contributed by atoms with Crippen molar-refractivity contribution in [3.63, 3.8) is 0 Å². The van der Waals surface area contributed by atoms with Crippen LogP contribution in [0.25, 0.3) is 0 Å². The summed E-state index contributed by atoms with van der Waals surface area (Å²) >= 11 is 1.63. The van der Waals surface area contributed by atoms with Crippen LogP contribution in [-0.2, 0) is 11.2 Å². The lowest BCUT2D eigenvalue weighted by molar-refractivity contribution is -0.119. The Balaban J connectivity index is 2.37. The van der Waals surface area contributed by atoms with Gasteiger partial charge in [0.2, 0.25) is 11.8 Å². The van der Waals surface area contributed by atoms with Gasteiger partial charge >= 0.3 is 0 Å². The zero-order chi connectivity index (χ0) is 12.7. The second kappa shape index (κ2) is 7.32. The van der Waals surface area contributed by atoms with Crippen molar-refractivity contribution >= 4 is 17.7 Å². The van der Waals surface area contributed by atoms with Gasteiger partial charge in [-0.2, -0.15) is 16.7 Å². The second-order valence-corrected chi connectivity index (χ2v) is 4.85. The summed E-state index contributed by atoms with van der Waals surface area (Å²) in [5.74, 6) is 2.62. The summed E-state index contributed by atoms with van der Waals surface area (Å²) in [6.07, 6.45) is 1.81. The molecule has 0 aliphatic carbocycles. The topological polar surface area (TPSA) is 68.0 Å². The lowest BCUT2D eigenvalue weighted by Crippen LogP contribution is -2.28. The molecule has 0 aromatic carbocycles. The Bertz CT molecular complexity index is 354. The normalized spacial score (nSPS) is 12.4. The SMILES string of the molecule is CCCSCC(=O)NC(C)c1nc(CC)no1. The highest BCUT2D eigenvalue weighted by Crippen LogP contribution is 2.10. The molecule has 0 saturated heterocycles. The quantitative estimate of drug-likeness (QED) is 0.756. The lowest BCUT2D eigenvalue weighted by atomic mass is 10.3. The van der Waals surface area contributed by atoms with Crippen LogP contribution in [0.3, 0.4) is 0 Å². The first-order valence-corrected chi connectivity index (χ1v) is 7.02. The van der Waals surface area contributed by atoms with Crippen LogP contribution >= 0.6 is 11.8 Å². The highest BCUT2D eigenvalue weighted by atomic mass is 32.2. The van der Waals surface area contributed by atoms with E-state index in [9.17, 15) is 4.79 Å². The molecule has 0 radical (unpaired) electrons. The molecule has 1 aromatic rings. The van der Waals surface area contributed by atoms with Crippen molar-refractivity contribution in [2.75, 3.05) is 11.5 Å². The number of amides is 1. The van der Waals surface area contributed by atoms with Crippen molar-refractivity contribution in [2.45, 2.75) is 39.7 Å². The number of carbonyl (C=O) groups excluding carboxylic acids is 1. The number of hydrogen-bond acceptors (Lipinski definition) is 5. The number of rotatable bonds is 7. The van der Waals surface area contributed by atoms with E-state index in [2.05, 4.69) is 22.4 Å². The number of nitrogens with zero attached hydrogens (tertiary/aromatic N) is 2. The van der Waals surface area contributed by atoms with E-state index in [0.29, 0.717) is 17.5 Å². The van der Waals surface area contributed by atoms with Gasteiger partial charge in [0.25, 0.3) is 0 Å². The maximum Gasteiger partial charge on any atom is 0.248 e. The van der Waals surface area contributed by atoms with Crippen molar-refractivity contribution in [3.8, 4) is 0 Å². The van der Waals surface area contributed by atoms with Gasteiger partial charge in [0.15, 0.2) is 5.82 Å². The van der Waals surface area contributed by atoms with Crippen LogP contribution in [-0.4, -0.2) is 27.6 Å². The maximum absolute atomic E-state index is 11.6. The van der Waals surface area contributed by atoms with E-state index in [1.165, 1.54) is 0 Å². The Morgan fingerprint density at radius 3 is 2.88 bits per heavy atom. The molecule has 1 atom stereocenters. The minimum absolute atomic E-state index is 0.00667. The third-order valence-corrected chi connectivity index (χ3v) is 3.29. The summed E-state index contributed by atoms with van der Waals surface area (Å²) in [6, 6.07) is -0.225. The minimum atomic E-state index is -0.225. The van der Waals surface area contributed by atoms with Gasteiger partial charge in [-0.1, -0.05) is 19.0 Å². The Kier molecular flexibility index (Phi) is 6.04. The number of aryl methyl sites for hydroxylation is 1. The first-order valence-electron chi connectivity index (χ1n) is 5.87. The van der Waals surface area contributed by atoms with Gasteiger partial charge in [-0.25, -0.2) is 0 Å². The van der Waals surface area contributed by atoms with E-state index in [0.717, 1.165) is 18.6 Å². The van der Waals surface area contributed by atoms with Gasteiger partial charge in [0.1, 0.15) is 6.04 Å². The summed E-state index contributed by atoms with van der Waals surface area (Å²) in [5.41, 5.74) is 0. The molecule has 17 heavy (non-hydrogen) atoms. The van der Waals surface area contributed by atoms with Gasteiger partial charge in [-0.05, 0) is 19.1 Å². The smallest absolute Gasteiger partial charge is 0.248 e. The number of carbonyl (C=O) groups is 1. The lowest BCUT2D eigenvalue weighted by Gasteiger charge is -2.08. The summed E-state index contributed by atoms with van der Waals surface area (Å²) in [6.45, 7) is 5.90. The van der Waals surface area contributed by atoms with E-state index >= 15 is 0 Å². The van der Waals surface area contributed by atoms with E-state index < -0.39 is 0 Å². The fourth-order valence-electron chi connectivity index (χ4n) is 1.24. The molecule has 0 saturated carbocycles. The predicted molar refractivity (Wildman–Crippen MR) is 67.8 cm³/mol. The average molecular weight is 257 g/mol. The predicted octanol–water partition coefficient (Wildman–Crippen LogP) is 1.95. The third-order valence-electron chi connectivity index (χ3n) is 2.13. The van der Waals surface area contributed by atoms with E-state index in [1.807, 2.05) is 13.8 Å². The highest BCUT2D eigenvalue weighted by molar-refractivity contribution is 7.99. The second-order valence-electron chi connectivity index (χ2n) is 3.74. The van der Waals surface area contributed by atoms with Crippen molar-refractivity contribution in [1.29, 1.82) is 0 Å². The van der Waals surface area contributed by atoms with E-state index in [4.69, 9.17) is 4.52 Å². The molecule has 1 heterocycles. The zero-order valence-corrected chi connectivity index (χ0v) is 11.3. The molecule has 0 aliphatic heterocycles. The molecule has 1 amide bonds. The van der Waals surface area contributed by atoms with Gasteiger partial charge in [0, 0.05) is 6.42 Å². The molecular formula is C11H19N3O2S. The summed E-state index contributed by atoms with van der Waals surface area (Å²) in [5, 5.41) is 6.63. The van der Waals surface area contributed by atoms with Crippen LogP contribution in [0, 0.1) is 0 Å². The molecule has 1 aromatic heterocycles. The Morgan fingerprint density at radius 1 is 1.53 bits per heavy atom. The fraction of sp³-hybridized carbons (Fsp3) is 0.727. The van der Waals surface area contributed by atoms with Crippen LogP contribution in [0.2, 0.25) is 0 Å². The zero-order valence-electron chi connectivity index (χ0n) is 10.5. The van der Waals surface area contributed by atoms with Crippen molar-refractivity contribution in [2.24, 2.45) is 0 Å². The number of thioether (sulfide) groups is 1. The molecule has 0 aliphatic rings. The molecule has 1 unspecified atom stereocenters. The standard InChI is InChI=1S/C11H19N3O2S/c1-4-6-17-7-10(15)12-8(3)11-13-9(5-2)14-16-11/h8H,4-7H2,1-3H3,(H,12,15). The largest absolute Gasteiger partial charge is 0.344 e. The molecule has 1 rings (SSSR count). The minimum Gasteiger partial charge on any atom is -0.344 e. The Hall–Kier alpha value is -1.04. The van der Waals surface area contributed by atoms with Crippen molar-refractivity contribution in [3.05, 3.63) is 11.7 Å². The maximum atomic E-state index is 11.6. The Labute approximate surface area is 106 Å². The number of aromatic nitrogens is 2. The van der Waals surface area contributed by atoms with E-state index in [-0.39, 0.29) is 11.9 Å². The van der Waals surface area contributed by atoms with Crippen LogP contribution in [0.5, 0.6) is 0 Å². The van der Waals surface area contributed by atoms with Crippen molar-refractivity contribution < 1.29 is 9.32 Å².